The minimum atomic E-state index is 0.356. The Kier molecular flexibility index (Phi) is 6.99. The SMILES string of the molecule is C=C/C=C(/C(C)CC(CC)CC=C)n1c2ccccc2c2cc3c(cc21)c1ccccc1n3-c1cccc2ccccc12. The molecule has 43 heavy (non-hydrogen) atoms. The van der Waals surface area contributed by atoms with E-state index in [4.69, 9.17) is 0 Å². The average Bonchev–Trinajstić information content (AvgIpc) is 3.54. The summed E-state index contributed by atoms with van der Waals surface area (Å²) in [6, 6.07) is 37.9. The number of hydrogen-bond donors (Lipinski definition) is 0. The molecule has 212 valence electrons. The van der Waals surface area contributed by atoms with E-state index in [2.05, 4.69) is 151 Å². The highest BCUT2D eigenvalue weighted by atomic mass is 15.0. The molecule has 7 rings (SSSR count). The molecule has 7 aromatic rings. The third-order valence-corrected chi connectivity index (χ3v) is 9.29. The van der Waals surface area contributed by atoms with Crippen LogP contribution in [0.3, 0.4) is 0 Å². The second kappa shape index (κ2) is 11.1. The van der Waals surface area contributed by atoms with Gasteiger partial charge >= 0.3 is 0 Å². The van der Waals surface area contributed by atoms with Crippen molar-refractivity contribution in [2.45, 2.75) is 33.1 Å². The van der Waals surface area contributed by atoms with Gasteiger partial charge in [0.25, 0.3) is 0 Å². The van der Waals surface area contributed by atoms with Gasteiger partial charge in [0.2, 0.25) is 0 Å². The van der Waals surface area contributed by atoms with Crippen LogP contribution in [0.25, 0.3) is 65.8 Å². The summed E-state index contributed by atoms with van der Waals surface area (Å²) in [6.07, 6.45) is 9.55. The molecule has 0 fully saturated rings. The van der Waals surface area contributed by atoms with E-state index in [9.17, 15) is 0 Å². The topological polar surface area (TPSA) is 9.86 Å². The predicted molar refractivity (Wildman–Crippen MR) is 188 cm³/mol. The fourth-order valence-electron chi connectivity index (χ4n) is 7.24. The number of aromatic nitrogens is 2. The quantitative estimate of drug-likeness (QED) is 0.123. The van der Waals surface area contributed by atoms with Crippen molar-refractivity contribution in [2.24, 2.45) is 11.8 Å². The Balaban J connectivity index is 1.55. The Morgan fingerprint density at radius 2 is 1.33 bits per heavy atom. The molecule has 0 saturated carbocycles. The molecule has 0 amide bonds. The third-order valence-electron chi connectivity index (χ3n) is 9.29. The van der Waals surface area contributed by atoms with Gasteiger partial charge in [0.15, 0.2) is 0 Å². The van der Waals surface area contributed by atoms with Gasteiger partial charge in [-0.15, -0.1) is 6.58 Å². The van der Waals surface area contributed by atoms with Crippen LogP contribution in [0.5, 0.6) is 0 Å². The van der Waals surface area contributed by atoms with Crippen LogP contribution in [0.4, 0.5) is 0 Å². The lowest BCUT2D eigenvalue weighted by molar-refractivity contribution is 0.426. The molecule has 2 nitrogen and oxygen atoms in total. The summed E-state index contributed by atoms with van der Waals surface area (Å²) in [7, 11) is 0. The predicted octanol–water partition coefficient (Wildman–Crippen LogP) is 11.7. The highest BCUT2D eigenvalue weighted by molar-refractivity contribution is 6.19. The maximum Gasteiger partial charge on any atom is 0.0549 e. The van der Waals surface area contributed by atoms with E-state index in [1.807, 2.05) is 6.08 Å². The number of fused-ring (bicyclic) bond motifs is 7. The fraction of sp³-hybridized carbons (Fsp3) is 0.171. The lowest BCUT2D eigenvalue weighted by atomic mass is 9.89. The molecule has 0 N–H and O–H groups in total. The molecule has 2 atom stereocenters. The first-order valence-electron chi connectivity index (χ1n) is 15.5. The van der Waals surface area contributed by atoms with Gasteiger partial charge in [-0.05, 0) is 66.5 Å². The number of para-hydroxylation sites is 2. The molecule has 2 heterocycles. The van der Waals surface area contributed by atoms with Gasteiger partial charge < -0.3 is 9.13 Å². The van der Waals surface area contributed by atoms with Crippen molar-refractivity contribution in [1.29, 1.82) is 0 Å². The van der Waals surface area contributed by atoms with Crippen LogP contribution < -0.4 is 0 Å². The van der Waals surface area contributed by atoms with Crippen LogP contribution in [-0.4, -0.2) is 9.13 Å². The molecule has 0 aliphatic rings. The maximum absolute atomic E-state index is 4.13. The Labute approximate surface area is 253 Å². The highest BCUT2D eigenvalue weighted by Gasteiger charge is 2.22. The summed E-state index contributed by atoms with van der Waals surface area (Å²) in [5.74, 6) is 0.966. The molecule has 0 spiro atoms. The zero-order valence-electron chi connectivity index (χ0n) is 25.1. The normalized spacial score (nSPS) is 13.8. The smallest absolute Gasteiger partial charge is 0.0549 e. The number of benzene rings is 5. The standard InChI is InChI=1S/C41H38N2/c1-5-15-29(7-3)25-28(4)36(16-6-2)42-38-22-12-10-20-32(38)34-27-41-35(26-40(34)42)33-21-11-13-23-39(33)43(41)37-24-14-18-30-17-8-9-19-31(30)37/h5-6,8-14,16-24,26-29H,1-2,7,15,25H2,3-4H3/b36-16-. The first-order valence-corrected chi connectivity index (χ1v) is 15.5. The van der Waals surface area contributed by atoms with Crippen LogP contribution in [0, 0.1) is 11.8 Å². The molecular weight excluding hydrogens is 520 g/mol. The van der Waals surface area contributed by atoms with Gasteiger partial charge in [-0.1, -0.05) is 112 Å². The van der Waals surface area contributed by atoms with Gasteiger partial charge in [0.1, 0.15) is 0 Å². The minimum Gasteiger partial charge on any atom is -0.313 e. The van der Waals surface area contributed by atoms with Gasteiger partial charge in [0, 0.05) is 32.6 Å². The molecule has 0 bridgehead atoms. The molecule has 0 aliphatic carbocycles. The number of allylic oxidation sites excluding steroid dienone is 4. The van der Waals surface area contributed by atoms with E-state index >= 15 is 0 Å². The summed E-state index contributed by atoms with van der Waals surface area (Å²) < 4.78 is 4.96. The largest absolute Gasteiger partial charge is 0.313 e. The second-order valence-corrected chi connectivity index (χ2v) is 11.9. The van der Waals surface area contributed by atoms with Crippen molar-refractivity contribution < 1.29 is 0 Å². The minimum absolute atomic E-state index is 0.356. The molecule has 0 aliphatic heterocycles. The number of rotatable bonds is 9. The summed E-state index contributed by atoms with van der Waals surface area (Å²) in [5.41, 5.74) is 7.44. The zero-order valence-corrected chi connectivity index (χ0v) is 25.1. The molecule has 2 heteroatoms. The Morgan fingerprint density at radius 1 is 0.698 bits per heavy atom. The molecule has 2 aromatic heterocycles. The summed E-state index contributed by atoms with van der Waals surface area (Å²) >= 11 is 0. The van der Waals surface area contributed by atoms with E-state index < -0.39 is 0 Å². The van der Waals surface area contributed by atoms with Crippen molar-refractivity contribution >= 4 is 60.1 Å². The first kappa shape index (κ1) is 27.0. The van der Waals surface area contributed by atoms with Gasteiger partial charge in [-0.3, -0.25) is 0 Å². The van der Waals surface area contributed by atoms with Crippen LogP contribution in [0.2, 0.25) is 0 Å². The summed E-state index contributed by atoms with van der Waals surface area (Å²) in [5, 5.41) is 7.58. The molecule has 0 saturated heterocycles. The average molecular weight is 559 g/mol. The highest BCUT2D eigenvalue weighted by Crippen LogP contribution is 2.42. The Bertz CT molecular complexity index is 2180. The summed E-state index contributed by atoms with van der Waals surface area (Å²) in [6.45, 7) is 12.8. The van der Waals surface area contributed by atoms with Crippen molar-refractivity contribution in [3.63, 3.8) is 0 Å². The molecule has 2 unspecified atom stereocenters. The first-order chi connectivity index (χ1) is 21.1. The monoisotopic (exact) mass is 558 g/mol. The van der Waals surface area contributed by atoms with Crippen molar-refractivity contribution in [3.8, 4) is 5.69 Å². The molecule has 0 radical (unpaired) electrons. The van der Waals surface area contributed by atoms with Crippen molar-refractivity contribution in [3.05, 3.63) is 135 Å². The van der Waals surface area contributed by atoms with Crippen LogP contribution in [0.15, 0.2) is 135 Å². The molecule has 5 aromatic carbocycles. The van der Waals surface area contributed by atoms with E-state index in [0.29, 0.717) is 11.8 Å². The van der Waals surface area contributed by atoms with Crippen molar-refractivity contribution in [2.75, 3.05) is 0 Å². The lowest BCUT2D eigenvalue weighted by Crippen LogP contribution is -2.11. The van der Waals surface area contributed by atoms with E-state index in [-0.39, 0.29) is 0 Å². The lowest BCUT2D eigenvalue weighted by Gasteiger charge is -2.23. The van der Waals surface area contributed by atoms with Crippen LogP contribution >= 0.6 is 0 Å². The van der Waals surface area contributed by atoms with E-state index in [1.165, 1.54) is 65.8 Å². The van der Waals surface area contributed by atoms with Crippen LogP contribution in [-0.2, 0) is 0 Å². The van der Waals surface area contributed by atoms with Gasteiger partial charge in [-0.2, -0.15) is 0 Å². The maximum atomic E-state index is 4.13. The Hall–Kier alpha value is -4.82. The Morgan fingerprint density at radius 3 is 2.07 bits per heavy atom. The van der Waals surface area contributed by atoms with Gasteiger partial charge in [0.05, 0.1) is 27.8 Å². The zero-order chi connectivity index (χ0) is 29.5. The van der Waals surface area contributed by atoms with Gasteiger partial charge in [-0.25, -0.2) is 0 Å². The number of hydrogen-bond acceptors (Lipinski definition) is 0. The number of nitrogens with zero attached hydrogens (tertiary/aromatic N) is 2. The second-order valence-electron chi connectivity index (χ2n) is 11.9. The van der Waals surface area contributed by atoms with Crippen molar-refractivity contribution in [1.82, 2.24) is 9.13 Å². The summed E-state index contributed by atoms with van der Waals surface area (Å²) in [4.78, 5) is 0. The van der Waals surface area contributed by atoms with E-state index in [0.717, 1.165) is 19.3 Å². The third kappa shape index (κ3) is 4.41. The molecular formula is C41H38N2. The fourth-order valence-corrected chi connectivity index (χ4v) is 7.24. The van der Waals surface area contributed by atoms with E-state index in [1.54, 1.807) is 0 Å². The van der Waals surface area contributed by atoms with Crippen LogP contribution in [0.1, 0.15) is 33.1 Å².